The number of hydrogen-bond donors (Lipinski definition) is 0. The predicted molar refractivity (Wildman–Crippen MR) is 101 cm³/mol. The number of amides is 1. The zero-order chi connectivity index (χ0) is 17.5. The minimum atomic E-state index is -0.183. The molecule has 0 atom stereocenters. The maximum atomic E-state index is 13.3. The van der Waals surface area contributed by atoms with Crippen LogP contribution in [0.15, 0.2) is 24.3 Å². The third-order valence-corrected chi connectivity index (χ3v) is 5.92. The molecule has 2 aliphatic heterocycles. The standard InChI is InChI=1S/C19H28FN3OS/c20-18-5-3-4-17(14-18)15-22-8-10-23(11-9-22)19(24)16-25-13-12-21-6-1-2-7-21/h3-5,14H,1-2,6-13,15-16H2. The number of likely N-dealkylation sites (tertiary alicyclic amines) is 1. The summed E-state index contributed by atoms with van der Waals surface area (Å²) in [6.07, 6.45) is 2.65. The molecule has 138 valence electrons. The number of rotatable bonds is 7. The molecule has 2 fully saturated rings. The van der Waals surface area contributed by atoms with Gasteiger partial charge in [-0.2, -0.15) is 11.8 Å². The Morgan fingerprint density at radius 1 is 1.04 bits per heavy atom. The van der Waals surface area contributed by atoms with Crippen molar-refractivity contribution in [1.29, 1.82) is 0 Å². The molecule has 6 heteroatoms. The largest absolute Gasteiger partial charge is 0.339 e. The predicted octanol–water partition coefficient (Wildman–Crippen LogP) is 2.30. The van der Waals surface area contributed by atoms with E-state index in [2.05, 4.69) is 9.80 Å². The number of piperazine rings is 1. The monoisotopic (exact) mass is 365 g/mol. The van der Waals surface area contributed by atoms with Crippen molar-refractivity contribution in [3.05, 3.63) is 35.6 Å². The molecule has 0 unspecified atom stereocenters. The Kier molecular flexibility index (Phi) is 7.13. The van der Waals surface area contributed by atoms with Crippen LogP contribution in [-0.2, 0) is 11.3 Å². The van der Waals surface area contributed by atoms with Crippen LogP contribution in [0, 0.1) is 5.82 Å². The van der Waals surface area contributed by atoms with Gasteiger partial charge < -0.3 is 9.80 Å². The number of hydrogen-bond acceptors (Lipinski definition) is 4. The van der Waals surface area contributed by atoms with Gasteiger partial charge in [-0.1, -0.05) is 12.1 Å². The van der Waals surface area contributed by atoms with Gasteiger partial charge in [0.1, 0.15) is 5.82 Å². The molecule has 0 spiro atoms. The van der Waals surface area contributed by atoms with Crippen molar-refractivity contribution in [1.82, 2.24) is 14.7 Å². The SMILES string of the molecule is O=C(CSCCN1CCCC1)N1CCN(Cc2cccc(F)c2)CC1. The molecule has 2 saturated heterocycles. The van der Waals surface area contributed by atoms with E-state index < -0.39 is 0 Å². The molecule has 25 heavy (non-hydrogen) atoms. The third kappa shape index (κ3) is 5.97. The van der Waals surface area contributed by atoms with Crippen molar-refractivity contribution < 1.29 is 9.18 Å². The molecule has 1 aromatic rings. The number of benzene rings is 1. The first-order valence-corrected chi connectivity index (χ1v) is 10.4. The van der Waals surface area contributed by atoms with Crippen LogP contribution in [0.5, 0.6) is 0 Å². The highest BCUT2D eigenvalue weighted by Crippen LogP contribution is 2.13. The molecule has 0 N–H and O–H groups in total. The Morgan fingerprint density at radius 3 is 2.52 bits per heavy atom. The molecule has 0 saturated carbocycles. The zero-order valence-electron chi connectivity index (χ0n) is 14.8. The van der Waals surface area contributed by atoms with Gasteiger partial charge in [0, 0.05) is 45.0 Å². The summed E-state index contributed by atoms with van der Waals surface area (Å²) in [7, 11) is 0. The second-order valence-electron chi connectivity index (χ2n) is 6.89. The normalized spacial score (nSPS) is 19.5. The second-order valence-corrected chi connectivity index (χ2v) is 7.99. The van der Waals surface area contributed by atoms with E-state index in [1.807, 2.05) is 11.0 Å². The molecular weight excluding hydrogens is 337 g/mol. The van der Waals surface area contributed by atoms with Crippen LogP contribution >= 0.6 is 11.8 Å². The Balaban J connectivity index is 1.31. The number of carbonyl (C=O) groups is 1. The van der Waals surface area contributed by atoms with Crippen molar-refractivity contribution >= 4 is 17.7 Å². The summed E-state index contributed by atoms with van der Waals surface area (Å²) in [5.41, 5.74) is 0.997. The van der Waals surface area contributed by atoms with Gasteiger partial charge in [0.05, 0.1) is 5.75 Å². The average molecular weight is 366 g/mol. The number of nitrogens with zero attached hydrogens (tertiary/aromatic N) is 3. The van der Waals surface area contributed by atoms with E-state index in [1.54, 1.807) is 23.9 Å². The number of carbonyl (C=O) groups excluding carboxylic acids is 1. The summed E-state index contributed by atoms with van der Waals surface area (Å²) >= 11 is 1.76. The van der Waals surface area contributed by atoms with Crippen molar-refractivity contribution in [2.45, 2.75) is 19.4 Å². The zero-order valence-corrected chi connectivity index (χ0v) is 15.6. The number of thioether (sulfide) groups is 1. The quantitative estimate of drug-likeness (QED) is 0.693. The Hall–Kier alpha value is -1.11. The molecule has 0 aliphatic carbocycles. The van der Waals surface area contributed by atoms with Crippen LogP contribution in [0.3, 0.4) is 0 Å². The maximum absolute atomic E-state index is 13.3. The molecule has 2 aliphatic rings. The van der Waals surface area contributed by atoms with Gasteiger partial charge in [-0.25, -0.2) is 4.39 Å². The van der Waals surface area contributed by atoms with Gasteiger partial charge in [0.25, 0.3) is 0 Å². The van der Waals surface area contributed by atoms with E-state index in [-0.39, 0.29) is 11.7 Å². The van der Waals surface area contributed by atoms with E-state index in [4.69, 9.17) is 0 Å². The minimum absolute atomic E-state index is 0.183. The topological polar surface area (TPSA) is 26.8 Å². The highest BCUT2D eigenvalue weighted by molar-refractivity contribution is 7.99. The van der Waals surface area contributed by atoms with Crippen molar-refractivity contribution in [2.75, 3.05) is 57.3 Å². The summed E-state index contributed by atoms with van der Waals surface area (Å²) in [6, 6.07) is 6.78. The minimum Gasteiger partial charge on any atom is -0.339 e. The maximum Gasteiger partial charge on any atom is 0.232 e. The summed E-state index contributed by atoms with van der Waals surface area (Å²) in [5, 5.41) is 0. The Morgan fingerprint density at radius 2 is 1.80 bits per heavy atom. The molecule has 1 aromatic carbocycles. The summed E-state index contributed by atoms with van der Waals surface area (Å²) in [4.78, 5) is 19.1. The van der Waals surface area contributed by atoms with Gasteiger partial charge >= 0.3 is 0 Å². The number of halogens is 1. The molecule has 2 heterocycles. The molecule has 0 bridgehead atoms. The van der Waals surface area contributed by atoms with Gasteiger partial charge in [0.15, 0.2) is 0 Å². The highest BCUT2D eigenvalue weighted by Gasteiger charge is 2.21. The lowest BCUT2D eigenvalue weighted by molar-refractivity contribution is -0.130. The van der Waals surface area contributed by atoms with Gasteiger partial charge in [-0.05, 0) is 43.6 Å². The van der Waals surface area contributed by atoms with E-state index >= 15 is 0 Å². The fourth-order valence-corrected chi connectivity index (χ4v) is 4.39. The van der Waals surface area contributed by atoms with Gasteiger partial charge in [-0.15, -0.1) is 0 Å². The van der Waals surface area contributed by atoms with Crippen LogP contribution in [0.1, 0.15) is 18.4 Å². The van der Waals surface area contributed by atoms with E-state index in [0.717, 1.165) is 50.6 Å². The summed E-state index contributed by atoms with van der Waals surface area (Å²) < 4.78 is 13.3. The van der Waals surface area contributed by atoms with Gasteiger partial charge in [0.2, 0.25) is 5.91 Å². The second kappa shape index (κ2) is 9.55. The van der Waals surface area contributed by atoms with Crippen molar-refractivity contribution in [3.63, 3.8) is 0 Å². The first kappa shape index (κ1) is 18.7. The van der Waals surface area contributed by atoms with E-state index in [0.29, 0.717) is 5.75 Å². The first-order valence-electron chi connectivity index (χ1n) is 9.25. The lowest BCUT2D eigenvalue weighted by atomic mass is 10.2. The molecular formula is C19H28FN3OS. The fourth-order valence-electron chi connectivity index (χ4n) is 3.50. The lowest BCUT2D eigenvalue weighted by Crippen LogP contribution is -2.48. The smallest absolute Gasteiger partial charge is 0.232 e. The van der Waals surface area contributed by atoms with Crippen LogP contribution in [0.4, 0.5) is 4.39 Å². The van der Waals surface area contributed by atoms with Crippen LogP contribution in [-0.4, -0.2) is 77.9 Å². The van der Waals surface area contributed by atoms with E-state index in [1.165, 1.54) is 32.0 Å². The van der Waals surface area contributed by atoms with Crippen LogP contribution in [0.25, 0.3) is 0 Å². The fraction of sp³-hybridized carbons (Fsp3) is 0.632. The summed E-state index contributed by atoms with van der Waals surface area (Å²) in [5.74, 6) is 1.72. The lowest BCUT2D eigenvalue weighted by Gasteiger charge is -2.34. The average Bonchev–Trinajstić information content (AvgIpc) is 3.13. The first-order chi connectivity index (χ1) is 12.2. The summed E-state index contributed by atoms with van der Waals surface area (Å²) in [6.45, 7) is 7.59. The highest BCUT2D eigenvalue weighted by atomic mass is 32.2. The molecule has 0 aromatic heterocycles. The molecule has 4 nitrogen and oxygen atoms in total. The third-order valence-electron chi connectivity index (χ3n) is 5.00. The Labute approximate surface area is 154 Å². The Bertz CT molecular complexity index is 557. The van der Waals surface area contributed by atoms with Crippen molar-refractivity contribution in [2.24, 2.45) is 0 Å². The molecule has 1 amide bonds. The van der Waals surface area contributed by atoms with E-state index in [9.17, 15) is 9.18 Å². The molecule has 0 radical (unpaired) electrons. The van der Waals surface area contributed by atoms with Crippen molar-refractivity contribution in [3.8, 4) is 0 Å². The van der Waals surface area contributed by atoms with Crippen LogP contribution in [0.2, 0.25) is 0 Å². The molecule has 3 rings (SSSR count). The van der Waals surface area contributed by atoms with Gasteiger partial charge in [-0.3, -0.25) is 9.69 Å². The van der Waals surface area contributed by atoms with Crippen LogP contribution < -0.4 is 0 Å².